The van der Waals surface area contributed by atoms with Crippen LogP contribution in [0.25, 0.3) is 0 Å². The number of carbonyl (C=O) groups is 5. The number of hydrogen-bond acceptors (Lipinski definition) is 15. The predicted molar refractivity (Wildman–Crippen MR) is 583 cm³/mol. The first-order chi connectivity index (χ1) is 65.9. The number of hydrogen-bond donors (Lipinski definition) is 0. The van der Waals surface area contributed by atoms with Gasteiger partial charge in [-0.1, -0.05) is 424 Å². The molecule has 0 aliphatic rings. The maximum Gasteiger partial charge on any atom is 0.508 e. The fourth-order valence-corrected chi connectivity index (χ4v) is 17.8. The van der Waals surface area contributed by atoms with Crippen LogP contribution in [0.3, 0.4) is 0 Å². The summed E-state index contributed by atoms with van der Waals surface area (Å²) in [5, 5.41) is 0. The summed E-state index contributed by atoms with van der Waals surface area (Å²) in [4.78, 5) is 66.4. The number of Topliss-reactive ketones (excluding diaryl/α,β-unsaturated/α-hetero) is 1. The molecule has 0 fully saturated rings. The summed E-state index contributed by atoms with van der Waals surface area (Å²) in [5.74, 6) is 0.680. The van der Waals surface area contributed by atoms with Crippen LogP contribution in [0.4, 0.5) is 14.4 Å². The van der Waals surface area contributed by atoms with Gasteiger partial charge in [-0.05, 0) is 235 Å². The van der Waals surface area contributed by atoms with Crippen molar-refractivity contribution < 1.29 is 57.1 Å². The third-order valence-corrected chi connectivity index (χ3v) is 26.3. The molecule has 0 aromatic heterocycles. The Bertz CT molecular complexity index is 2540. The Morgan fingerprint density at radius 3 is 0.681 bits per heavy atom. The summed E-state index contributed by atoms with van der Waals surface area (Å²) in [6.07, 6.45) is 117. The van der Waals surface area contributed by atoms with Crippen molar-refractivity contribution in [1.82, 2.24) is 14.7 Å². The van der Waals surface area contributed by atoms with E-state index in [1.54, 1.807) is 6.92 Å². The van der Waals surface area contributed by atoms with Gasteiger partial charge in [-0.2, -0.15) is 0 Å². The molecule has 15 nitrogen and oxygen atoms in total. The summed E-state index contributed by atoms with van der Waals surface area (Å²) in [7, 11) is 12.2. The maximum atomic E-state index is 12.4. The van der Waals surface area contributed by atoms with Crippen molar-refractivity contribution in [3.05, 3.63) is 48.6 Å². The Kier molecular flexibility index (Phi) is 113. The minimum absolute atomic E-state index is 0.0145. The molecule has 3 unspecified atom stereocenters. The molecule has 0 saturated heterocycles. The number of rotatable bonds is 102. The van der Waals surface area contributed by atoms with Gasteiger partial charge in [0.25, 0.3) is 0 Å². The van der Waals surface area contributed by atoms with Crippen molar-refractivity contribution in [2.24, 2.45) is 5.92 Å². The standard InChI is InChI=1S/C47H87NO5.C37H71NO4.C36H73NO3/c1-6-8-10-12-13-14-15-16-17-18-19-21-25-28-31-35-40-46(53-47(50)51-43-37-42-48(4)5)41-36-32-29-26-23-20-22-24-27-30-34-39-45(52-44(3)49)38-33-11-9-7-2;1-6-8-10-12-13-17-20-24-29-36(42-37(40)41-32-26-31-38(4)5)30-25-21-18-15-14-16-19-23-28-35(33-34(3)39)27-22-11-9-7-2;1-5-7-9-11-13-15-16-17-18-19-20-21-22-23-25-27-29-32-35(31-28-26-24-14-12-10-8-6-2)40-36(38)39-34-30-33-37(3)4/h13-14,16-17,30,34,45-46H,6-12,15,18-29,31-33,35-43H2,1-5H3;19,23,35-36H,6-18,20-22,24-33H2,1-5H3;35H,5-34H2,1-4H3/b14-13-,17-16-,34-30-;23-19-;/t45-,46?;35-,36?;/m11./s1. The fourth-order valence-electron chi connectivity index (χ4n) is 17.8. The predicted octanol–water partition coefficient (Wildman–Crippen LogP) is 37.7. The van der Waals surface area contributed by atoms with Gasteiger partial charge in [0.2, 0.25) is 0 Å². The number of allylic oxidation sites excluding steroid dienone is 7. The Labute approximate surface area is 839 Å². The lowest BCUT2D eigenvalue weighted by Gasteiger charge is -2.18. The Balaban J connectivity index is -0.00000196. The van der Waals surface area contributed by atoms with Gasteiger partial charge in [0, 0.05) is 39.4 Å². The minimum atomic E-state index is -0.490. The number of ketones is 1. The van der Waals surface area contributed by atoms with E-state index in [1.807, 2.05) is 42.3 Å². The molecule has 0 saturated carbocycles. The molecule has 0 aromatic carbocycles. The number of ether oxygens (including phenoxy) is 7. The molecule has 0 spiro atoms. The van der Waals surface area contributed by atoms with Crippen LogP contribution in [0.15, 0.2) is 48.6 Å². The van der Waals surface area contributed by atoms with Crippen LogP contribution >= 0.6 is 0 Å². The normalized spacial score (nSPS) is 12.8. The highest BCUT2D eigenvalue weighted by Gasteiger charge is 2.20. The second-order valence-electron chi connectivity index (χ2n) is 41.2. The highest BCUT2D eigenvalue weighted by molar-refractivity contribution is 5.75. The molecule has 5 atom stereocenters. The van der Waals surface area contributed by atoms with E-state index < -0.39 is 18.5 Å². The zero-order valence-corrected chi connectivity index (χ0v) is 92.5. The molecule has 135 heavy (non-hydrogen) atoms. The van der Waals surface area contributed by atoms with Gasteiger partial charge in [-0.15, -0.1) is 0 Å². The largest absolute Gasteiger partial charge is 0.508 e. The summed E-state index contributed by atoms with van der Waals surface area (Å²) >= 11 is 0. The first kappa shape index (κ1) is 135. The van der Waals surface area contributed by atoms with Crippen LogP contribution in [-0.4, -0.2) is 151 Å². The first-order valence-corrected chi connectivity index (χ1v) is 58.6. The molecule has 0 N–H and O–H groups in total. The first-order valence-electron chi connectivity index (χ1n) is 58.6. The van der Waals surface area contributed by atoms with Crippen molar-refractivity contribution in [2.75, 3.05) is 81.7 Å². The topological polar surface area (TPSA) is 160 Å². The van der Waals surface area contributed by atoms with Gasteiger partial charge in [-0.25, -0.2) is 14.4 Å². The van der Waals surface area contributed by atoms with Crippen molar-refractivity contribution >= 4 is 30.2 Å². The summed E-state index contributed by atoms with van der Waals surface area (Å²) in [5.41, 5.74) is 0. The lowest BCUT2D eigenvalue weighted by molar-refractivity contribution is -0.146. The van der Waals surface area contributed by atoms with Gasteiger partial charge < -0.3 is 52.7 Å². The van der Waals surface area contributed by atoms with E-state index in [1.165, 1.54) is 386 Å². The Hall–Kier alpha value is -4.21. The second kappa shape index (κ2) is 113. The van der Waals surface area contributed by atoms with E-state index in [4.69, 9.17) is 33.2 Å². The van der Waals surface area contributed by atoms with Crippen LogP contribution in [0.5, 0.6) is 0 Å². The Morgan fingerprint density at radius 1 is 0.222 bits per heavy atom. The van der Waals surface area contributed by atoms with E-state index in [0.29, 0.717) is 31.5 Å². The summed E-state index contributed by atoms with van der Waals surface area (Å²) in [6, 6.07) is 0. The van der Waals surface area contributed by atoms with Gasteiger partial charge >= 0.3 is 24.4 Å². The number of esters is 1. The van der Waals surface area contributed by atoms with Crippen molar-refractivity contribution in [3.8, 4) is 0 Å². The van der Waals surface area contributed by atoms with Crippen LogP contribution in [-0.2, 0) is 42.7 Å². The molecular formula is C120H231N3O12. The van der Waals surface area contributed by atoms with Gasteiger partial charge in [0.15, 0.2) is 0 Å². The van der Waals surface area contributed by atoms with E-state index >= 15 is 0 Å². The minimum Gasteiger partial charge on any atom is -0.462 e. The molecule has 0 bridgehead atoms. The van der Waals surface area contributed by atoms with Crippen molar-refractivity contribution in [3.63, 3.8) is 0 Å². The van der Waals surface area contributed by atoms with E-state index in [9.17, 15) is 24.0 Å². The molecule has 0 aromatic rings. The molecule has 0 amide bonds. The zero-order valence-electron chi connectivity index (χ0n) is 92.5. The van der Waals surface area contributed by atoms with Crippen LogP contribution in [0, 0.1) is 5.92 Å². The molecule has 0 rings (SSSR count). The lowest BCUT2D eigenvalue weighted by atomic mass is 9.92. The van der Waals surface area contributed by atoms with E-state index in [2.05, 4.69) is 105 Å². The molecule has 15 heteroatoms. The van der Waals surface area contributed by atoms with Crippen LogP contribution < -0.4 is 0 Å². The van der Waals surface area contributed by atoms with Gasteiger partial charge in [-0.3, -0.25) is 4.79 Å². The number of unbranched alkanes of at least 4 members (excludes halogenated alkanes) is 58. The highest BCUT2D eigenvalue weighted by Crippen LogP contribution is 2.26. The third-order valence-electron chi connectivity index (χ3n) is 26.3. The molecular weight excluding hydrogens is 1680 g/mol. The average Bonchev–Trinajstić information content (AvgIpc) is 0.859. The van der Waals surface area contributed by atoms with Crippen molar-refractivity contribution in [2.45, 2.75) is 606 Å². The zero-order chi connectivity index (χ0) is 99.3. The Morgan fingerprint density at radius 2 is 0.430 bits per heavy atom. The SMILES string of the molecule is CCCCC/C=C\C/C=C\CCCCCCCCC(CCCCCCCCCC/C=C\C[C@@H](CCCCCC)OC(C)=O)OC(=O)OCCCN(C)C.CCCCCCCCCCC(CCCCCCC/C=C\C[C@@H](CCCCCC)CC(C)=O)OC(=O)OCCCN(C)C.CCCCCCCCCCCCCCCCCCCC(CCCCCCCCCC)OC(=O)OCCCN(C)C. The number of nitrogens with zero attached hydrogens (tertiary/aromatic N) is 3. The molecule has 0 aliphatic heterocycles. The number of carbonyl (C=O) groups excluding carboxylic acids is 5. The quantitative estimate of drug-likeness (QED) is 0.0245. The third kappa shape index (κ3) is 117. The molecule has 798 valence electrons. The highest BCUT2D eigenvalue weighted by atomic mass is 16.7. The monoisotopic (exact) mass is 1910 g/mol. The van der Waals surface area contributed by atoms with Crippen LogP contribution in [0.1, 0.15) is 582 Å². The van der Waals surface area contributed by atoms with Crippen LogP contribution in [0.2, 0.25) is 0 Å². The maximum absolute atomic E-state index is 12.4. The average molecular weight is 1910 g/mol. The van der Waals surface area contributed by atoms with Gasteiger partial charge in [0.05, 0.1) is 19.8 Å². The smallest absolute Gasteiger partial charge is 0.462 e. The second-order valence-corrected chi connectivity index (χ2v) is 41.2. The lowest BCUT2D eigenvalue weighted by Crippen LogP contribution is -2.21. The van der Waals surface area contributed by atoms with E-state index in [-0.39, 0.29) is 30.4 Å². The molecule has 0 radical (unpaired) electrons. The van der Waals surface area contributed by atoms with E-state index in [0.717, 1.165) is 167 Å². The molecule has 0 aliphatic carbocycles. The van der Waals surface area contributed by atoms with Gasteiger partial charge in [0.1, 0.15) is 30.2 Å². The summed E-state index contributed by atoms with van der Waals surface area (Å²) < 4.78 is 39.0. The summed E-state index contributed by atoms with van der Waals surface area (Å²) in [6.45, 7) is 20.8. The molecule has 0 heterocycles. The van der Waals surface area contributed by atoms with Crippen molar-refractivity contribution in [1.29, 1.82) is 0 Å². The fraction of sp³-hybridized carbons (Fsp3) is 0.892.